The Morgan fingerprint density at radius 3 is 2.58 bits per heavy atom. The fraction of sp³-hybridized carbons (Fsp3) is 0.480. The molecule has 5 rings (SSSR count). The van der Waals surface area contributed by atoms with Crippen molar-refractivity contribution in [2.45, 2.75) is 62.4 Å². The van der Waals surface area contributed by atoms with Gasteiger partial charge in [-0.15, -0.1) is 0 Å². The van der Waals surface area contributed by atoms with E-state index in [1.165, 1.54) is 0 Å². The number of amides is 1. The first-order valence-corrected chi connectivity index (χ1v) is 11.5. The van der Waals surface area contributed by atoms with E-state index in [1.54, 1.807) is 0 Å². The van der Waals surface area contributed by atoms with E-state index in [1.807, 2.05) is 60.7 Å². The molecule has 3 heterocycles. The van der Waals surface area contributed by atoms with E-state index in [0.717, 1.165) is 30.5 Å². The van der Waals surface area contributed by atoms with Crippen molar-refractivity contribution in [2.75, 3.05) is 13.2 Å². The fourth-order valence-corrected chi connectivity index (χ4v) is 4.59. The Morgan fingerprint density at radius 2 is 1.85 bits per heavy atom. The molecule has 0 spiro atoms. The third-order valence-electron chi connectivity index (χ3n) is 6.38. The summed E-state index contributed by atoms with van der Waals surface area (Å²) in [7, 11) is 0. The first-order valence-electron chi connectivity index (χ1n) is 11.5. The van der Waals surface area contributed by atoms with Gasteiger partial charge in [-0.2, -0.15) is 0 Å². The van der Waals surface area contributed by atoms with E-state index >= 15 is 0 Å². The minimum absolute atomic E-state index is 0.168. The number of fused-ring (bicyclic) bond motifs is 1. The molecule has 2 aromatic carbocycles. The molecule has 7 atom stereocenters. The van der Waals surface area contributed by atoms with Gasteiger partial charge in [0.25, 0.3) is 0 Å². The maximum absolute atomic E-state index is 12.9. The number of benzene rings is 2. The van der Waals surface area contributed by atoms with Crippen molar-refractivity contribution in [3.63, 3.8) is 0 Å². The van der Waals surface area contributed by atoms with Gasteiger partial charge in [0.1, 0.15) is 24.4 Å². The lowest BCUT2D eigenvalue weighted by molar-refractivity contribution is -0.345. The van der Waals surface area contributed by atoms with Crippen molar-refractivity contribution in [2.24, 2.45) is 0 Å². The molecule has 0 radical (unpaired) electrons. The first-order chi connectivity index (χ1) is 16.2. The molecule has 3 fully saturated rings. The fourth-order valence-electron chi connectivity index (χ4n) is 4.59. The Kier molecular flexibility index (Phi) is 7.01. The second-order valence-electron chi connectivity index (χ2n) is 8.69. The highest BCUT2D eigenvalue weighted by Gasteiger charge is 2.50. The minimum Gasteiger partial charge on any atom is -0.388 e. The van der Waals surface area contributed by atoms with Crippen molar-refractivity contribution in [1.82, 2.24) is 10.6 Å². The molecular formula is C25H30N2O6. The molecule has 0 aromatic heterocycles. The third-order valence-corrected chi connectivity index (χ3v) is 6.38. The van der Waals surface area contributed by atoms with Crippen LogP contribution in [0.25, 0.3) is 0 Å². The van der Waals surface area contributed by atoms with Gasteiger partial charge in [-0.25, -0.2) is 0 Å². The number of hydrogen-bond donors (Lipinski definition) is 3. The van der Waals surface area contributed by atoms with Gasteiger partial charge in [-0.1, -0.05) is 60.7 Å². The van der Waals surface area contributed by atoms with Gasteiger partial charge in [0.2, 0.25) is 5.91 Å². The second-order valence-corrected chi connectivity index (χ2v) is 8.69. The van der Waals surface area contributed by atoms with Crippen LogP contribution in [0.2, 0.25) is 0 Å². The number of carbonyl (C=O) groups is 1. The maximum Gasteiger partial charge on any atom is 0.237 e. The molecule has 0 saturated carbocycles. The predicted octanol–water partition coefficient (Wildman–Crippen LogP) is 1.64. The topological polar surface area (TPSA) is 98.3 Å². The summed E-state index contributed by atoms with van der Waals surface area (Å²) < 4.78 is 24.2. The summed E-state index contributed by atoms with van der Waals surface area (Å²) in [6.45, 7) is 1.34. The second kappa shape index (κ2) is 10.3. The normalized spacial score (nSPS) is 33.9. The Morgan fingerprint density at radius 1 is 1.09 bits per heavy atom. The van der Waals surface area contributed by atoms with Crippen molar-refractivity contribution in [1.29, 1.82) is 0 Å². The predicted molar refractivity (Wildman–Crippen MR) is 119 cm³/mol. The van der Waals surface area contributed by atoms with Crippen LogP contribution in [0.5, 0.6) is 0 Å². The molecule has 8 nitrogen and oxygen atoms in total. The number of aliphatic hydroxyl groups is 1. The van der Waals surface area contributed by atoms with Gasteiger partial charge in [-0.3, -0.25) is 4.79 Å². The van der Waals surface area contributed by atoms with Crippen LogP contribution in [0.15, 0.2) is 60.7 Å². The molecule has 2 aromatic rings. The van der Waals surface area contributed by atoms with Crippen LogP contribution in [-0.2, 0) is 30.3 Å². The van der Waals surface area contributed by atoms with Gasteiger partial charge in [-0.05, 0) is 24.9 Å². The minimum atomic E-state index is -1.02. The maximum atomic E-state index is 12.9. The van der Waals surface area contributed by atoms with Crippen molar-refractivity contribution < 1.29 is 28.8 Å². The zero-order valence-corrected chi connectivity index (χ0v) is 18.3. The molecule has 0 bridgehead atoms. The molecule has 3 aliphatic rings. The molecule has 176 valence electrons. The summed E-state index contributed by atoms with van der Waals surface area (Å²) in [4.78, 5) is 12.9. The van der Waals surface area contributed by atoms with Gasteiger partial charge >= 0.3 is 0 Å². The van der Waals surface area contributed by atoms with Crippen molar-refractivity contribution in [3.8, 4) is 0 Å². The van der Waals surface area contributed by atoms with Crippen molar-refractivity contribution in [3.05, 3.63) is 71.8 Å². The van der Waals surface area contributed by atoms with Gasteiger partial charge < -0.3 is 34.7 Å². The summed E-state index contributed by atoms with van der Waals surface area (Å²) >= 11 is 0. The van der Waals surface area contributed by atoms with Crippen LogP contribution in [0.1, 0.15) is 30.3 Å². The summed E-state index contributed by atoms with van der Waals surface area (Å²) in [5, 5.41) is 17.5. The molecule has 3 aliphatic heterocycles. The summed E-state index contributed by atoms with van der Waals surface area (Å²) in [6, 6.07) is 18.2. The summed E-state index contributed by atoms with van der Waals surface area (Å²) in [5.41, 5.74) is 1.84. The average Bonchev–Trinajstić information content (AvgIpc) is 3.41. The monoisotopic (exact) mass is 454 g/mol. The Labute approximate surface area is 193 Å². The van der Waals surface area contributed by atoms with E-state index in [-0.39, 0.29) is 25.2 Å². The zero-order chi connectivity index (χ0) is 22.6. The Hall–Kier alpha value is -2.33. The first kappa shape index (κ1) is 22.5. The Balaban J connectivity index is 1.32. The number of carbonyl (C=O) groups excluding carboxylic acids is 1. The smallest absolute Gasteiger partial charge is 0.237 e. The van der Waals surface area contributed by atoms with E-state index in [0.29, 0.717) is 0 Å². The van der Waals surface area contributed by atoms with Gasteiger partial charge in [0, 0.05) is 5.56 Å². The van der Waals surface area contributed by atoms with Crippen LogP contribution >= 0.6 is 0 Å². The van der Waals surface area contributed by atoms with E-state index < -0.39 is 36.9 Å². The lowest BCUT2D eigenvalue weighted by Crippen LogP contribution is -2.67. The van der Waals surface area contributed by atoms with Crippen LogP contribution in [0, 0.1) is 0 Å². The lowest BCUT2D eigenvalue weighted by atomic mass is 9.95. The third kappa shape index (κ3) is 5.11. The molecule has 3 N–H and O–H groups in total. The van der Waals surface area contributed by atoms with E-state index in [2.05, 4.69) is 10.6 Å². The number of hydrogen-bond acceptors (Lipinski definition) is 7. The van der Waals surface area contributed by atoms with Crippen LogP contribution in [-0.4, -0.2) is 60.9 Å². The van der Waals surface area contributed by atoms with Crippen LogP contribution < -0.4 is 10.6 Å². The molecule has 0 aliphatic carbocycles. The number of ether oxygens (including phenoxy) is 4. The van der Waals surface area contributed by atoms with Crippen LogP contribution in [0.4, 0.5) is 0 Å². The zero-order valence-electron chi connectivity index (χ0n) is 18.3. The van der Waals surface area contributed by atoms with E-state index in [9.17, 15) is 9.90 Å². The molecule has 3 saturated heterocycles. The highest BCUT2D eigenvalue weighted by Crippen LogP contribution is 2.34. The largest absolute Gasteiger partial charge is 0.388 e. The van der Waals surface area contributed by atoms with Gasteiger partial charge in [0.15, 0.2) is 12.6 Å². The van der Waals surface area contributed by atoms with Gasteiger partial charge in [0.05, 0.1) is 19.3 Å². The average molecular weight is 455 g/mol. The highest BCUT2D eigenvalue weighted by molar-refractivity contribution is 5.82. The summed E-state index contributed by atoms with van der Waals surface area (Å²) in [5.74, 6) is -0.168. The Bertz CT molecular complexity index is 908. The molecule has 8 heteroatoms. The number of aliphatic hydroxyl groups excluding tert-OH is 1. The molecule has 1 amide bonds. The lowest BCUT2D eigenvalue weighted by Gasteiger charge is -2.48. The van der Waals surface area contributed by atoms with Crippen molar-refractivity contribution >= 4 is 5.91 Å². The van der Waals surface area contributed by atoms with E-state index in [4.69, 9.17) is 18.9 Å². The molecular weight excluding hydrogens is 424 g/mol. The SMILES string of the molecule is O=C(N[C@H]1[C@@H](OCc2ccccc2)O[C@@H]2CO[C@@H](c3ccccc3)O[C@H]2[C@@H]1O)[C@@H]1CCCN1. The molecule has 0 unspecified atom stereocenters. The highest BCUT2D eigenvalue weighted by atomic mass is 16.7. The van der Waals surface area contributed by atoms with Crippen LogP contribution in [0.3, 0.4) is 0 Å². The standard InChI is InChI=1S/C25H30N2O6/c28-21-20(27-23(29)18-12-7-13-26-18)25(30-14-16-8-3-1-4-9-16)32-19-15-31-24(33-22(19)21)17-10-5-2-6-11-17/h1-6,8-11,18-22,24-26,28H,7,12-15H2,(H,27,29)/t18-,19+,20+,21+,22+,24+,25-/m0/s1. The number of nitrogens with one attached hydrogen (secondary N) is 2. The quantitative estimate of drug-likeness (QED) is 0.610. The molecule has 33 heavy (non-hydrogen) atoms. The summed E-state index contributed by atoms with van der Waals surface area (Å²) in [6.07, 6.45) is -1.95. The number of rotatable bonds is 6.